The summed E-state index contributed by atoms with van der Waals surface area (Å²) in [5.41, 5.74) is 0. The van der Waals surface area contributed by atoms with Gasteiger partial charge < -0.3 is 18.6 Å². The number of carbonyl (C=O) groups excluding carboxylic acids is 1. The van der Waals surface area contributed by atoms with Crippen LogP contribution in [0.2, 0.25) is 0 Å². The van der Waals surface area contributed by atoms with Gasteiger partial charge in [0.25, 0.3) is 0 Å². The number of fused-ring (bicyclic) bond motifs is 1. The fourth-order valence-corrected chi connectivity index (χ4v) is 2.26. The Balaban J connectivity index is 1.49. The molecule has 0 saturated carbocycles. The summed E-state index contributed by atoms with van der Waals surface area (Å²) >= 11 is 3.19. The third kappa shape index (κ3) is 3.71. The minimum Gasteiger partial charge on any atom is -0.486 e. The van der Waals surface area contributed by atoms with E-state index in [0.717, 1.165) is 0 Å². The number of para-hydroxylation sites is 2. The zero-order valence-corrected chi connectivity index (χ0v) is 13.1. The normalized spacial score (nSPS) is 16.7. The van der Waals surface area contributed by atoms with Gasteiger partial charge in [-0.15, -0.1) is 0 Å². The predicted molar refractivity (Wildman–Crippen MR) is 82.8 cm³/mol. The molecule has 5 nitrogen and oxygen atoms in total. The molecule has 0 radical (unpaired) electrons. The molecule has 0 aliphatic carbocycles. The number of benzene rings is 1. The topological polar surface area (TPSA) is 57.9 Å². The maximum atomic E-state index is 11.7. The minimum absolute atomic E-state index is 0.124. The molecule has 2 heterocycles. The van der Waals surface area contributed by atoms with Crippen LogP contribution < -0.4 is 9.47 Å². The molecule has 1 aromatic heterocycles. The smallest absolute Gasteiger partial charge is 0.331 e. The van der Waals surface area contributed by atoms with Crippen LogP contribution in [-0.2, 0) is 9.53 Å². The van der Waals surface area contributed by atoms with Crippen molar-refractivity contribution < 1.29 is 23.4 Å². The van der Waals surface area contributed by atoms with E-state index in [9.17, 15) is 4.79 Å². The van der Waals surface area contributed by atoms with E-state index in [1.807, 2.05) is 24.3 Å². The van der Waals surface area contributed by atoms with E-state index in [-0.39, 0.29) is 12.7 Å². The molecule has 0 N–H and O–H groups in total. The number of halogens is 1. The Kier molecular flexibility index (Phi) is 4.48. The SMILES string of the molecule is O=C(/C=C\c1ccc(Br)o1)OC[C@@H]1COc2ccccc2O1. The Labute approximate surface area is 135 Å². The number of esters is 1. The molecule has 3 rings (SSSR count). The Morgan fingerprint density at radius 3 is 2.86 bits per heavy atom. The van der Waals surface area contributed by atoms with Gasteiger partial charge >= 0.3 is 5.97 Å². The van der Waals surface area contributed by atoms with Gasteiger partial charge in [0.2, 0.25) is 0 Å². The van der Waals surface area contributed by atoms with E-state index >= 15 is 0 Å². The largest absolute Gasteiger partial charge is 0.486 e. The van der Waals surface area contributed by atoms with Crippen molar-refractivity contribution in [1.29, 1.82) is 0 Å². The van der Waals surface area contributed by atoms with Gasteiger partial charge in [0.15, 0.2) is 22.3 Å². The van der Waals surface area contributed by atoms with Gasteiger partial charge in [-0.05, 0) is 46.3 Å². The van der Waals surface area contributed by atoms with E-state index in [0.29, 0.717) is 28.5 Å². The molecule has 0 spiro atoms. The molecule has 1 aromatic carbocycles. The first-order chi connectivity index (χ1) is 10.7. The van der Waals surface area contributed by atoms with Crippen LogP contribution in [0.5, 0.6) is 11.5 Å². The fourth-order valence-electron chi connectivity index (χ4n) is 1.94. The molecule has 0 unspecified atom stereocenters. The van der Waals surface area contributed by atoms with E-state index in [1.165, 1.54) is 6.08 Å². The first kappa shape index (κ1) is 14.7. The summed E-state index contributed by atoms with van der Waals surface area (Å²) in [4.78, 5) is 11.7. The van der Waals surface area contributed by atoms with Gasteiger partial charge in [0.05, 0.1) is 0 Å². The summed E-state index contributed by atoms with van der Waals surface area (Å²) in [6.45, 7) is 0.471. The molecular weight excluding hydrogens is 352 g/mol. The molecule has 1 atom stereocenters. The van der Waals surface area contributed by atoms with Gasteiger partial charge in [-0.1, -0.05) is 12.1 Å². The second-order valence-corrected chi connectivity index (χ2v) is 5.38. The summed E-state index contributed by atoms with van der Waals surface area (Å²) in [5.74, 6) is 1.46. The van der Waals surface area contributed by atoms with Crippen LogP contribution in [0.15, 0.2) is 51.6 Å². The van der Waals surface area contributed by atoms with Gasteiger partial charge in [-0.25, -0.2) is 4.79 Å². The lowest BCUT2D eigenvalue weighted by molar-refractivity contribution is -0.140. The van der Waals surface area contributed by atoms with Crippen molar-refractivity contribution in [1.82, 2.24) is 0 Å². The molecule has 22 heavy (non-hydrogen) atoms. The van der Waals surface area contributed by atoms with Gasteiger partial charge in [0, 0.05) is 6.08 Å². The highest BCUT2D eigenvalue weighted by atomic mass is 79.9. The van der Waals surface area contributed by atoms with Crippen LogP contribution in [0.3, 0.4) is 0 Å². The maximum Gasteiger partial charge on any atom is 0.331 e. The molecular formula is C16H13BrO5. The molecule has 0 fully saturated rings. The number of ether oxygens (including phenoxy) is 3. The highest BCUT2D eigenvalue weighted by molar-refractivity contribution is 9.10. The second-order valence-electron chi connectivity index (χ2n) is 4.60. The molecule has 0 bridgehead atoms. The van der Waals surface area contributed by atoms with E-state index in [1.54, 1.807) is 18.2 Å². The Morgan fingerprint density at radius 1 is 1.27 bits per heavy atom. The molecule has 0 saturated heterocycles. The lowest BCUT2D eigenvalue weighted by Gasteiger charge is -2.25. The van der Waals surface area contributed by atoms with Crippen molar-refractivity contribution in [3.63, 3.8) is 0 Å². The highest BCUT2D eigenvalue weighted by Crippen LogP contribution is 2.30. The van der Waals surface area contributed by atoms with E-state index in [2.05, 4.69) is 15.9 Å². The molecule has 0 amide bonds. The Morgan fingerprint density at radius 2 is 2.09 bits per heavy atom. The number of rotatable bonds is 4. The minimum atomic E-state index is -0.463. The van der Waals surface area contributed by atoms with Gasteiger partial charge in [0.1, 0.15) is 19.0 Å². The zero-order valence-electron chi connectivity index (χ0n) is 11.5. The first-order valence-corrected chi connectivity index (χ1v) is 7.48. The summed E-state index contributed by atoms with van der Waals surface area (Å²) in [7, 11) is 0. The zero-order chi connectivity index (χ0) is 15.4. The fraction of sp³-hybridized carbons (Fsp3) is 0.188. The molecule has 1 aliphatic rings. The first-order valence-electron chi connectivity index (χ1n) is 6.69. The molecule has 2 aromatic rings. The number of hydrogen-bond donors (Lipinski definition) is 0. The molecule has 1 aliphatic heterocycles. The number of carbonyl (C=O) groups is 1. The van der Waals surface area contributed by atoms with Gasteiger partial charge in [-0.3, -0.25) is 0 Å². The van der Waals surface area contributed by atoms with Crippen molar-refractivity contribution >= 4 is 28.0 Å². The lowest BCUT2D eigenvalue weighted by atomic mass is 10.3. The highest BCUT2D eigenvalue weighted by Gasteiger charge is 2.21. The van der Waals surface area contributed by atoms with Crippen molar-refractivity contribution in [3.05, 3.63) is 52.9 Å². The lowest BCUT2D eigenvalue weighted by Crippen LogP contribution is -2.34. The van der Waals surface area contributed by atoms with Crippen LogP contribution in [0.25, 0.3) is 6.08 Å². The average molecular weight is 365 g/mol. The van der Waals surface area contributed by atoms with Crippen molar-refractivity contribution in [2.45, 2.75) is 6.10 Å². The van der Waals surface area contributed by atoms with Crippen molar-refractivity contribution in [3.8, 4) is 11.5 Å². The van der Waals surface area contributed by atoms with Crippen LogP contribution in [0.4, 0.5) is 0 Å². The summed E-state index contributed by atoms with van der Waals surface area (Å²) in [6, 6.07) is 10.9. The number of hydrogen-bond acceptors (Lipinski definition) is 5. The third-order valence-electron chi connectivity index (χ3n) is 2.96. The molecule has 114 valence electrons. The maximum absolute atomic E-state index is 11.7. The summed E-state index contributed by atoms with van der Waals surface area (Å²) in [6.07, 6.45) is 2.54. The van der Waals surface area contributed by atoms with Crippen LogP contribution >= 0.6 is 15.9 Å². The van der Waals surface area contributed by atoms with Crippen molar-refractivity contribution in [2.75, 3.05) is 13.2 Å². The van der Waals surface area contributed by atoms with Crippen molar-refractivity contribution in [2.24, 2.45) is 0 Å². The summed E-state index contributed by atoms with van der Waals surface area (Å²) < 4.78 is 22.2. The number of furan rings is 1. The predicted octanol–water partition coefficient (Wildman–Crippen LogP) is 3.44. The van der Waals surface area contributed by atoms with Crippen LogP contribution in [0.1, 0.15) is 5.76 Å². The quantitative estimate of drug-likeness (QED) is 0.614. The molecule has 6 heteroatoms. The standard InChI is InChI=1S/C16H13BrO5/c17-15-7-5-11(22-15)6-8-16(18)20-10-12-9-19-13-3-1-2-4-14(13)21-12/h1-8,12H,9-10H2/b8-6-/t12-/m0/s1. The van der Waals surface area contributed by atoms with E-state index < -0.39 is 5.97 Å². The third-order valence-corrected chi connectivity index (χ3v) is 3.38. The van der Waals surface area contributed by atoms with Crippen LogP contribution in [0, 0.1) is 0 Å². The van der Waals surface area contributed by atoms with E-state index in [4.69, 9.17) is 18.6 Å². The Bertz CT molecular complexity index is 691. The Hall–Kier alpha value is -2.21. The average Bonchev–Trinajstić information content (AvgIpc) is 2.96. The van der Waals surface area contributed by atoms with Crippen LogP contribution in [-0.4, -0.2) is 25.3 Å². The summed E-state index contributed by atoms with van der Waals surface area (Å²) in [5, 5.41) is 0. The second kappa shape index (κ2) is 6.70. The monoisotopic (exact) mass is 364 g/mol. The van der Waals surface area contributed by atoms with Gasteiger partial charge in [-0.2, -0.15) is 0 Å².